The second-order valence-corrected chi connectivity index (χ2v) is 6.24. The van der Waals surface area contributed by atoms with E-state index in [9.17, 15) is 4.79 Å². The summed E-state index contributed by atoms with van der Waals surface area (Å²) in [6, 6.07) is 5.90. The van der Waals surface area contributed by atoms with E-state index < -0.39 is 0 Å². The first-order valence-corrected chi connectivity index (χ1v) is 8.90. The molecule has 7 nitrogen and oxygen atoms in total. The van der Waals surface area contributed by atoms with Crippen LogP contribution in [0.4, 0.5) is 0 Å². The van der Waals surface area contributed by atoms with Crippen LogP contribution in [0.15, 0.2) is 23.2 Å². The molecule has 146 valence electrons. The zero-order valence-corrected chi connectivity index (χ0v) is 16.8. The number of carbonyl (C=O) groups is 1. The lowest BCUT2D eigenvalue weighted by atomic mass is 10.2. The summed E-state index contributed by atoms with van der Waals surface area (Å²) in [5.74, 6) is 2.29. The van der Waals surface area contributed by atoms with Gasteiger partial charge in [-0.2, -0.15) is 0 Å². The minimum absolute atomic E-state index is 0.0130. The molecule has 0 spiro atoms. The molecular formula is C19H32N4O3. The molecule has 7 heteroatoms. The average molecular weight is 364 g/mol. The number of carbonyl (C=O) groups excluding carboxylic acids is 1. The smallest absolute Gasteiger partial charge is 0.222 e. The van der Waals surface area contributed by atoms with Crippen molar-refractivity contribution in [2.24, 2.45) is 4.99 Å². The van der Waals surface area contributed by atoms with Gasteiger partial charge in [-0.05, 0) is 32.9 Å². The Morgan fingerprint density at radius 3 is 2.58 bits per heavy atom. The van der Waals surface area contributed by atoms with Crippen LogP contribution in [-0.2, 0) is 11.3 Å². The maximum atomic E-state index is 11.8. The minimum Gasteiger partial charge on any atom is -0.497 e. The van der Waals surface area contributed by atoms with Gasteiger partial charge in [0.05, 0.1) is 20.8 Å². The fourth-order valence-corrected chi connectivity index (χ4v) is 2.44. The zero-order chi connectivity index (χ0) is 19.5. The molecule has 0 aliphatic carbocycles. The number of nitrogens with zero attached hydrogens (tertiary/aromatic N) is 2. The topological polar surface area (TPSA) is 75.2 Å². The van der Waals surface area contributed by atoms with Crippen LogP contribution in [0.1, 0.15) is 32.8 Å². The van der Waals surface area contributed by atoms with Crippen molar-refractivity contribution in [3.05, 3.63) is 23.8 Å². The number of methoxy groups -OCH3 is 2. The van der Waals surface area contributed by atoms with Gasteiger partial charge in [-0.1, -0.05) is 0 Å². The molecule has 1 aromatic carbocycles. The van der Waals surface area contributed by atoms with Crippen LogP contribution in [0.25, 0.3) is 0 Å². The van der Waals surface area contributed by atoms with Gasteiger partial charge in [0.25, 0.3) is 0 Å². The molecule has 0 aromatic heterocycles. The highest BCUT2D eigenvalue weighted by Crippen LogP contribution is 2.25. The highest BCUT2D eigenvalue weighted by atomic mass is 16.5. The Morgan fingerprint density at radius 1 is 1.27 bits per heavy atom. The predicted molar refractivity (Wildman–Crippen MR) is 105 cm³/mol. The van der Waals surface area contributed by atoms with Crippen molar-refractivity contribution in [3.8, 4) is 11.5 Å². The standard InChI is InChI=1S/C19H32N4O3/c1-7-20-19(21-11-10-18(24)22-14(2)3)23(4)13-15-8-9-16(25-5)12-17(15)26-6/h8-9,12,14H,7,10-11,13H2,1-6H3,(H,20,21)(H,22,24). The Hall–Kier alpha value is -2.44. The fourth-order valence-electron chi connectivity index (χ4n) is 2.44. The number of nitrogens with one attached hydrogen (secondary N) is 2. The lowest BCUT2D eigenvalue weighted by molar-refractivity contribution is -0.121. The summed E-state index contributed by atoms with van der Waals surface area (Å²) in [5, 5.41) is 6.13. The fraction of sp³-hybridized carbons (Fsp3) is 0.579. The van der Waals surface area contributed by atoms with Crippen LogP contribution < -0.4 is 20.1 Å². The molecule has 26 heavy (non-hydrogen) atoms. The summed E-state index contributed by atoms with van der Waals surface area (Å²) in [6.07, 6.45) is 0.368. The van der Waals surface area contributed by atoms with E-state index in [1.807, 2.05) is 50.9 Å². The van der Waals surface area contributed by atoms with Crippen molar-refractivity contribution in [2.45, 2.75) is 39.8 Å². The summed E-state index contributed by atoms with van der Waals surface area (Å²) < 4.78 is 10.7. The number of guanidine groups is 1. The van der Waals surface area contributed by atoms with Crippen LogP contribution in [0.3, 0.4) is 0 Å². The van der Waals surface area contributed by atoms with Gasteiger partial charge in [0.1, 0.15) is 11.5 Å². The number of hydrogen-bond acceptors (Lipinski definition) is 4. The minimum atomic E-state index is 0.0130. The SMILES string of the molecule is CCNC(=NCCC(=O)NC(C)C)N(C)Cc1ccc(OC)cc1OC. The molecule has 0 aliphatic rings. The molecule has 0 heterocycles. The van der Waals surface area contributed by atoms with Gasteiger partial charge in [-0.3, -0.25) is 9.79 Å². The molecule has 2 N–H and O–H groups in total. The Bertz CT molecular complexity index is 602. The van der Waals surface area contributed by atoms with E-state index in [2.05, 4.69) is 15.6 Å². The molecule has 1 aromatic rings. The Labute approximate surface area is 156 Å². The molecule has 0 aliphatic heterocycles. The van der Waals surface area contributed by atoms with Crippen LogP contribution in [0.5, 0.6) is 11.5 Å². The van der Waals surface area contributed by atoms with Gasteiger partial charge < -0.3 is 25.0 Å². The molecule has 0 saturated heterocycles. The van der Waals surface area contributed by atoms with E-state index in [1.165, 1.54) is 0 Å². The van der Waals surface area contributed by atoms with E-state index in [4.69, 9.17) is 9.47 Å². The predicted octanol–water partition coefficient (Wildman–Crippen LogP) is 2.02. The molecule has 0 atom stereocenters. The van der Waals surface area contributed by atoms with E-state index in [-0.39, 0.29) is 11.9 Å². The van der Waals surface area contributed by atoms with E-state index in [0.717, 1.165) is 29.6 Å². The molecular weight excluding hydrogens is 332 g/mol. The van der Waals surface area contributed by atoms with E-state index in [0.29, 0.717) is 19.5 Å². The molecule has 1 rings (SSSR count). The van der Waals surface area contributed by atoms with Crippen molar-refractivity contribution >= 4 is 11.9 Å². The maximum Gasteiger partial charge on any atom is 0.222 e. The highest BCUT2D eigenvalue weighted by molar-refractivity contribution is 5.81. The maximum absolute atomic E-state index is 11.8. The van der Waals surface area contributed by atoms with E-state index >= 15 is 0 Å². The van der Waals surface area contributed by atoms with Crippen molar-refractivity contribution in [3.63, 3.8) is 0 Å². The molecule has 0 unspecified atom stereocenters. The van der Waals surface area contributed by atoms with Crippen LogP contribution in [0.2, 0.25) is 0 Å². The summed E-state index contributed by atoms with van der Waals surface area (Å²) in [5.41, 5.74) is 1.03. The molecule has 1 amide bonds. The number of benzene rings is 1. The van der Waals surface area contributed by atoms with Gasteiger partial charge in [0, 0.05) is 44.2 Å². The highest BCUT2D eigenvalue weighted by Gasteiger charge is 2.11. The molecule has 0 bridgehead atoms. The lowest BCUT2D eigenvalue weighted by Crippen LogP contribution is -2.39. The number of hydrogen-bond donors (Lipinski definition) is 2. The zero-order valence-electron chi connectivity index (χ0n) is 16.8. The number of amides is 1. The quantitative estimate of drug-likeness (QED) is 0.518. The second-order valence-electron chi connectivity index (χ2n) is 6.24. The average Bonchev–Trinajstić information content (AvgIpc) is 2.60. The Morgan fingerprint density at radius 2 is 2.00 bits per heavy atom. The second kappa shape index (κ2) is 11.2. The van der Waals surface area contributed by atoms with Crippen LogP contribution >= 0.6 is 0 Å². The number of rotatable bonds is 9. The van der Waals surface area contributed by atoms with E-state index in [1.54, 1.807) is 14.2 Å². The van der Waals surface area contributed by atoms with Gasteiger partial charge in [0.15, 0.2) is 5.96 Å². The van der Waals surface area contributed by atoms with Gasteiger partial charge in [0.2, 0.25) is 5.91 Å². The van der Waals surface area contributed by atoms with Crippen LogP contribution in [0, 0.1) is 0 Å². The number of ether oxygens (including phenoxy) is 2. The molecule has 0 fully saturated rings. The van der Waals surface area contributed by atoms with Gasteiger partial charge in [-0.15, -0.1) is 0 Å². The summed E-state index contributed by atoms with van der Waals surface area (Å²) >= 11 is 0. The van der Waals surface area contributed by atoms with Crippen molar-refractivity contribution in [1.82, 2.24) is 15.5 Å². The lowest BCUT2D eigenvalue weighted by Gasteiger charge is -2.23. The molecule has 0 saturated carbocycles. The third-order valence-electron chi connectivity index (χ3n) is 3.65. The van der Waals surface area contributed by atoms with Crippen molar-refractivity contribution in [1.29, 1.82) is 0 Å². The monoisotopic (exact) mass is 364 g/mol. The van der Waals surface area contributed by atoms with Gasteiger partial charge >= 0.3 is 0 Å². The van der Waals surface area contributed by atoms with Crippen molar-refractivity contribution in [2.75, 3.05) is 34.4 Å². The van der Waals surface area contributed by atoms with Gasteiger partial charge in [-0.25, -0.2) is 0 Å². The summed E-state index contributed by atoms with van der Waals surface area (Å²) in [7, 11) is 5.23. The summed E-state index contributed by atoms with van der Waals surface area (Å²) in [6.45, 7) is 7.72. The van der Waals surface area contributed by atoms with Crippen molar-refractivity contribution < 1.29 is 14.3 Å². The first-order valence-electron chi connectivity index (χ1n) is 8.90. The Balaban J connectivity index is 2.77. The Kier molecular flexibility index (Phi) is 9.33. The third kappa shape index (κ3) is 7.21. The summed E-state index contributed by atoms with van der Waals surface area (Å²) in [4.78, 5) is 18.3. The largest absolute Gasteiger partial charge is 0.497 e. The van der Waals surface area contributed by atoms with Crippen LogP contribution in [-0.4, -0.2) is 57.2 Å². The first kappa shape index (κ1) is 21.6. The third-order valence-corrected chi connectivity index (χ3v) is 3.65. The number of aliphatic imine (C=N–C) groups is 1. The normalized spacial score (nSPS) is 11.3. The molecule has 0 radical (unpaired) electrons. The first-order chi connectivity index (χ1) is 12.4.